The molecule has 0 aromatic carbocycles. The average Bonchev–Trinajstić information content (AvgIpc) is 2.43. The van der Waals surface area contributed by atoms with Crippen LogP contribution in [0.15, 0.2) is 23.5 Å². The van der Waals surface area contributed by atoms with E-state index in [1.165, 1.54) is 0 Å². The zero-order valence-electron chi connectivity index (χ0n) is 11.6. The molecule has 0 saturated carbocycles. The Balaban J connectivity index is 2.14. The number of nitrogens with zero attached hydrogens (tertiary/aromatic N) is 4. The van der Waals surface area contributed by atoms with Gasteiger partial charge in [0.15, 0.2) is 5.84 Å². The Morgan fingerprint density at radius 3 is 2.47 bits per heavy atom. The molecule has 1 fully saturated rings. The van der Waals surface area contributed by atoms with Crippen LogP contribution in [0.2, 0.25) is 0 Å². The first kappa shape index (κ1) is 13.6. The minimum absolute atomic E-state index is 0.0826. The van der Waals surface area contributed by atoms with Crippen LogP contribution in [0.3, 0.4) is 0 Å². The third-order valence-corrected chi connectivity index (χ3v) is 3.84. The first-order chi connectivity index (χ1) is 9.02. The van der Waals surface area contributed by atoms with Gasteiger partial charge in [-0.3, -0.25) is 4.90 Å². The first-order valence-electron chi connectivity index (χ1n) is 6.43. The van der Waals surface area contributed by atoms with Crippen LogP contribution in [0, 0.1) is 0 Å². The summed E-state index contributed by atoms with van der Waals surface area (Å²) in [5.74, 6) is 1.01. The van der Waals surface area contributed by atoms with Crippen LogP contribution in [0.1, 0.15) is 19.4 Å². The lowest BCUT2D eigenvalue weighted by molar-refractivity contribution is 0.169. The molecule has 2 atom stereocenters. The molecule has 2 heterocycles. The standard InChI is InChI=1S/C13H21N5O/c1-9-7-18(8-10(2)17(9)3)12-5-4-11(6-15-12)13(14)16-19/h4-6,9-10,19H,7-8H2,1-3H3,(H2,14,16). The van der Waals surface area contributed by atoms with E-state index in [-0.39, 0.29) is 5.84 Å². The van der Waals surface area contributed by atoms with Crippen molar-refractivity contribution in [2.24, 2.45) is 10.9 Å². The number of pyridine rings is 1. The van der Waals surface area contributed by atoms with Gasteiger partial charge in [-0.2, -0.15) is 0 Å². The van der Waals surface area contributed by atoms with E-state index in [1.807, 2.05) is 12.1 Å². The summed E-state index contributed by atoms with van der Waals surface area (Å²) in [6.07, 6.45) is 1.64. The van der Waals surface area contributed by atoms with Crippen molar-refractivity contribution < 1.29 is 5.21 Å². The van der Waals surface area contributed by atoms with Crippen LogP contribution in [0.25, 0.3) is 0 Å². The number of piperazine rings is 1. The van der Waals surface area contributed by atoms with Gasteiger partial charge in [-0.15, -0.1) is 0 Å². The molecule has 3 N–H and O–H groups in total. The Bertz CT molecular complexity index is 447. The fraction of sp³-hybridized carbons (Fsp3) is 0.538. The zero-order valence-corrected chi connectivity index (χ0v) is 11.6. The van der Waals surface area contributed by atoms with E-state index in [2.05, 4.69) is 40.8 Å². The monoisotopic (exact) mass is 263 g/mol. The first-order valence-corrected chi connectivity index (χ1v) is 6.43. The van der Waals surface area contributed by atoms with Gasteiger partial charge in [0.2, 0.25) is 0 Å². The maximum Gasteiger partial charge on any atom is 0.171 e. The molecular formula is C13H21N5O. The van der Waals surface area contributed by atoms with Gasteiger partial charge in [0, 0.05) is 36.9 Å². The minimum Gasteiger partial charge on any atom is -0.409 e. The molecule has 104 valence electrons. The molecule has 0 radical (unpaired) electrons. The van der Waals surface area contributed by atoms with Gasteiger partial charge in [-0.25, -0.2) is 4.98 Å². The van der Waals surface area contributed by atoms with Crippen molar-refractivity contribution in [3.05, 3.63) is 23.9 Å². The summed E-state index contributed by atoms with van der Waals surface area (Å²) < 4.78 is 0. The van der Waals surface area contributed by atoms with E-state index < -0.39 is 0 Å². The van der Waals surface area contributed by atoms with E-state index in [0.29, 0.717) is 17.6 Å². The normalized spacial score (nSPS) is 25.6. The van der Waals surface area contributed by atoms with Crippen LogP contribution >= 0.6 is 0 Å². The zero-order chi connectivity index (χ0) is 14.0. The number of rotatable bonds is 2. The highest BCUT2D eigenvalue weighted by molar-refractivity contribution is 5.96. The maximum absolute atomic E-state index is 8.62. The molecule has 1 aliphatic heterocycles. The lowest BCUT2D eigenvalue weighted by Crippen LogP contribution is -2.55. The highest BCUT2D eigenvalue weighted by atomic mass is 16.4. The number of amidine groups is 1. The number of hydrogen-bond acceptors (Lipinski definition) is 5. The third kappa shape index (κ3) is 2.78. The molecule has 1 aromatic heterocycles. The quantitative estimate of drug-likeness (QED) is 0.355. The van der Waals surface area contributed by atoms with Crippen molar-refractivity contribution in [2.75, 3.05) is 25.0 Å². The van der Waals surface area contributed by atoms with Gasteiger partial charge in [0.1, 0.15) is 5.82 Å². The van der Waals surface area contributed by atoms with Crippen molar-refractivity contribution in [3.8, 4) is 0 Å². The topological polar surface area (TPSA) is 78.0 Å². The number of likely N-dealkylation sites (N-methyl/N-ethyl adjacent to an activating group) is 1. The summed E-state index contributed by atoms with van der Waals surface area (Å²) in [7, 11) is 2.15. The molecule has 1 aliphatic rings. The van der Waals surface area contributed by atoms with E-state index in [9.17, 15) is 0 Å². The number of aromatic nitrogens is 1. The molecule has 1 saturated heterocycles. The van der Waals surface area contributed by atoms with Gasteiger partial charge >= 0.3 is 0 Å². The fourth-order valence-electron chi connectivity index (χ4n) is 2.37. The van der Waals surface area contributed by atoms with Crippen LogP contribution in [0.5, 0.6) is 0 Å². The number of anilines is 1. The highest BCUT2D eigenvalue weighted by Crippen LogP contribution is 2.19. The van der Waals surface area contributed by atoms with E-state index in [4.69, 9.17) is 10.9 Å². The van der Waals surface area contributed by atoms with Crippen molar-refractivity contribution in [1.82, 2.24) is 9.88 Å². The van der Waals surface area contributed by atoms with E-state index in [0.717, 1.165) is 18.9 Å². The van der Waals surface area contributed by atoms with Crippen LogP contribution in [-0.2, 0) is 0 Å². The minimum atomic E-state index is 0.0826. The molecule has 19 heavy (non-hydrogen) atoms. The summed E-state index contributed by atoms with van der Waals surface area (Å²) >= 11 is 0. The molecule has 0 amide bonds. The Morgan fingerprint density at radius 1 is 1.37 bits per heavy atom. The van der Waals surface area contributed by atoms with Gasteiger partial charge < -0.3 is 15.8 Å². The lowest BCUT2D eigenvalue weighted by atomic mass is 10.1. The molecule has 6 heteroatoms. The third-order valence-electron chi connectivity index (χ3n) is 3.84. The van der Waals surface area contributed by atoms with Gasteiger partial charge in [0.25, 0.3) is 0 Å². The van der Waals surface area contributed by atoms with Crippen LogP contribution in [0.4, 0.5) is 5.82 Å². The number of nitrogens with two attached hydrogens (primary N) is 1. The second-order valence-electron chi connectivity index (χ2n) is 5.16. The Morgan fingerprint density at radius 2 is 2.00 bits per heavy atom. The fourth-order valence-corrected chi connectivity index (χ4v) is 2.37. The molecule has 0 bridgehead atoms. The molecule has 2 unspecified atom stereocenters. The SMILES string of the molecule is CC1CN(c2ccc(/C(N)=N/O)cn2)CC(C)N1C. The van der Waals surface area contributed by atoms with Crippen LogP contribution < -0.4 is 10.6 Å². The smallest absolute Gasteiger partial charge is 0.171 e. The molecular weight excluding hydrogens is 242 g/mol. The molecule has 6 nitrogen and oxygen atoms in total. The predicted molar refractivity (Wildman–Crippen MR) is 75.6 cm³/mol. The Kier molecular flexibility index (Phi) is 3.90. The van der Waals surface area contributed by atoms with Crippen molar-refractivity contribution in [1.29, 1.82) is 0 Å². The van der Waals surface area contributed by atoms with Crippen molar-refractivity contribution in [3.63, 3.8) is 0 Å². The van der Waals surface area contributed by atoms with Crippen molar-refractivity contribution >= 4 is 11.7 Å². The highest BCUT2D eigenvalue weighted by Gasteiger charge is 2.27. The summed E-state index contributed by atoms with van der Waals surface area (Å²) in [4.78, 5) is 9.05. The maximum atomic E-state index is 8.62. The Labute approximate surface area is 113 Å². The van der Waals surface area contributed by atoms with Gasteiger partial charge in [-0.1, -0.05) is 5.16 Å². The lowest BCUT2D eigenvalue weighted by Gasteiger charge is -2.43. The van der Waals surface area contributed by atoms with Gasteiger partial charge in [-0.05, 0) is 33.0 Å². The largest absolute Gasteiger partial charge is 0.409 e. The van der Waals surface area contributed by atoms with E-state index in [1.54, 1.807) is 6.20 Å². The summed E-state index contributed by atoms with van der Waals surface area (Å²) in [5, 5.41) is 11.6. The van der Waals surface area contributed by atoms with Crippen molar-refractivity contribution in [2.45, 2.75) is 25.9 Å². The second kappa shape index (κ2) is 5.44. The van der Waals surface area contributed by atoms with Crippen LogP contribution in [-0.4, -0.2) is 53.1 Å². The summed E-state index contributed by atoms with van der Waals surface area (Å²) in [6, 6.07) is 4.73. The average molecular weight is 263 g/mol. The number of hydrogen-bond donors (Lipinski definition) is 2. The van der Waals surface area contributed by atoms with E-state index >= 15 is 0 Å². The summed E-state index contributed by atoms with van der Waals surface area (Å²) in [5.41, 5.74) is 6.15. The summed E-state index contributed by atoms with van der Waals surface area (Å²) in [6.45, 7) is 6.34. The number of oxime groups is 1. The van der Waals surface area contributed by atoms with Gasteiger partial charge in [0.05, 0.1) is 0 Å². The Hall–Kier alpha value is -1.82. The molecule has 0 spiro atoms. The predicted octanol–water partition coefficient (Wildman–Crippen LogP) is 0.705. The molecule has 1 aromatic rings. The second-order valence-corrected chi connectivity index (χ2v) is 5.16. The molecule has 2 rings (SSSR count). The molecule has 0 aliphatic carbocycles.